The minimum Gasteiger partial charge on any atom is -0.448 e. The van der Waals surface area contributed by atoms with Crippen molar-refractivity contribution >= 4 is 18.7 Å². The molecule has 1 N–H and O–H groups in total. The number of thioether (sulfide) groups is 1. The molecule has 0 heterocycles. The van der Waals surface area contributed by atoms with Crippen molar-refractivity contribution in [2.45, 2.75) is 6.42 Å². The smallest absolute Gasteiger partial charge is 0.448 e. The second-order valence-electron chi connectivity index (χ2n) is 2.26. The topological polar surface area (TPSA) is 12.0 Å². The Bertz CT molecular complexity index is 103. The maximum atomic E-state index is 11.6. The van der Waals surface area contributed by atoms with E-state index >= 15 is 0 Å². The molecule has 1 nitrogen and oxygen atoms in total. The first kappa shape index (κ1) is 16.2. The van der Waals surface area contributed by atoms with E-state index in [9.17, 15) is 12.9 Å². The molecule has 0 rings (SSSR count). The largest absolute Gasteiger partial charge is 1.00 e. The number of halogens is 3. The monoisotopic (exact) mass is 225 g/mol. The summed E-state index contributed by atoms with van der Waals surface area (Å²) >= 11 is 1.64. The Hall–Kier alpha value is 1.80. The van der Waals surface area contributed by atoms with Crippen LogP contribution < -0.4 is 56.7 Å². The molecule has 0 spiro atoms. The molecular formula is C5H12BF3KNS. The van der Waals surface area contributed by atoms with E-state index in [4.69, 9.17) is 0 Å². The fraction of sp³-hybridized carbons (Fsp3) is 1.00. The van der Waals surface area contributed by atoms with Crippen LogP contribution in [0.25, 0.3) is 0 Å². The standard InChI is InChI=1S/C5H12BF3NS.K/c1-11-4-2-3-10-5-6(7,8)9;/h10H,2-5H2,1H3;/q-1;+1. The van der Waals surface area contributed by atoms with E-state index in [1.807, 2.05) is 6.26 Å². The first-order valence-corrected chi connectivity index (χ1v) is 4.86. The fourth-order valence-corrected chi connectivity index (χ4v) is 1.04. The van der Waals surface area contributed by atoms with E-state index in [1.165, 1.54) is 0 Å². The number of hydrogen-bond donors (Lipinski definition) is 1. The van der Waals surface area contributed by atoms with E-state index in [1.54, 1.807) is 11.8 Å². The molecule has 0 radical (unpaired) electrons. The van der Waals surface area contributed by atoms with Gasteiger partial charge < -0.3 is 18.3 Å². The van der Waals surface area contributed by atoms with Gasteiger partial charge in [0.25, 0.3) is 0 Å². The van der Waals surface area contributed by atoms with Gasteiger partial charge in [0.15, 0.2) is 0 Å². The van der Waals surface area contributed by atoms with E-state index in [-0.39, 0.29) is 51.4 Å². The average molecular weight is 225 g/mol. The van der Waals surface area contributed by atoms with Gasteiger partial charge in [-0.2, -0.15) is 11.8 Å². The van der Waals surface area contributed by atoms with Crippen LogP contribution in [-0.2, 0) is 0 Å². The second kappa shape index (κ2) is 9.36. The quantitative estimate of drug-likeness (QED) is 0.446. The molecule has 0 aliphatic rings. The minimum atomic E-state index is -4.64. The van der Waals surface area contributed by atoms with Crippen LogP contribution in [0.4, 0.5) is 12.9 Å². The van der Waals surface area contributed by atoms with Gasteiger partial charge in [-0.25, -0.2) is 0 Å². The van der Waals surface area contributed by atoms with Crippen LogP contribution in [0.2, 0.25) is 0 Å². The molecule has 7 heteroatoms. The summed E-state index contributed by atoms with van der Waals surface area (Å²) in [6.45, 7) is -4.18. The molecule has 0 atom stereocenters. The van der Waals surface area contributed by atoms with Gasteiger partial charge in [0.2, 0.25) is 0 Å². The molecule has 0 bridgehead atoms. The SMILES string of the molecule is CSCCCNC[B-](F)(F)F.[K+]. The van der Waals surface area contributed by atoms with E-state index < -0.39 is 13.4 Å². The Morgan fingerprint density at radius 2 is 1.92 bits per heavy atom. The maximum absolute atomic E-state index is 11.6. The zero-order chi connectivity index (χ0) is 8.74. The van der Waals surface area contributed by atoms with Gasteiger partial charge in [0, 0.05) is 0 Å². The van der Waals surface area contributed by atoms with Crippen molar-refractivity contribution in [3.63, 3.8) is 0 Å². The molecule has 0 unspecified atom stereocenters. The van der Waals surface area contributed by atoms with Gasteiger partial charge in [0.05, 0.1) is 0 Å². The molecule has 0 aliphatic heterocycles. The van der Waals surface area contributed by atoms with Crippen LogP contribution in [0.3, 0.4) is 0 Å². The Morgan fingerprint density at radius 3 is 2.33 bits per heavy atom. The van der Waals surface area contributed by atoms with Crippen LogP contribution in [0.5, 0.6) is 0 Å². The Labute approximate surface area is 118 Å². The van der Waals surface area contributed by atoms with Crippen LogP contribution in [0, 0.1) is 0 Å². The zero-order valence-corrected chi connectivity index (χ0v) is 11.4. The normalized spacial score (nSPS) is 11.0. The van der Waals surface area contributed by atoms with Crippen LogP contribution in [-0.4, -0.2) is 32.0 Å². The summed E-state index contributed by atoms with van der Waals surface area (Å²) in [5.74, 6) is 0.915. The van der Waals surface area contributed by atoms with E-state index in [0.29, 0.717) is 6.54 Å². The van der Waals surface area contributed by atoms with Gasteiger partial charge in [-0.05, 0) is 31.4 Å². The minimum absolute atomic E-state index is 0. The summed E-state index contributed by atoms with van der Waals surface area (Å²) in [7, 11) is 0. The summed E-state index contributed by atoms with van der Waals surface area (Å²) in [6, 6.07) is 0. The molecule has 0 aliphatic carbocycles. The second-order valence-corrected chi connectivity index (χ2v) is 3.25. The summed E-state index contributed by atoms with van der Waals surface area (Å²) in [6.07, 6.45) is 1.93. The summed E-state index contributed by atoms with van der Waals surface area (Å²) in [5.41, 5.74) is 0. The maximum Gasteiger partial charge on any atom is 1.00 e. The van der Waals surface area contributed by atoms with E-state index in [0.717, 1.165) is 12.2 Å². The summed E-state index contributed by atoms with van der Waals surface area (Å²) < 4.78 is 34.7. The van der Waals surface area contributed by atoms with Crippen molar-refractivity contribution in [3.8, 4) is 0 Å². The van der Waals surface area contributed by atoms with Gasteiger partial charge in [-0.3, -0.25) is 0 Å². The first-order chi connectivity index (χ1) is 5.06. The van der Waals surface area contributed by atoms with E-state index in [2.05, 4.69) is 5.32 Å². The third kappa shape index (κ3) is 14.3. The summed E-state index contributed by atoms with van der Waals surface area (Å²) in [4.78, 5) is 0. The molecule has 0 amide bonds. The van der Waals surface area contributed by atoms with Gasteiger partial charge in [0.1, 0.15) is 0 Å². The van der Waals surface area contributed by atoms with Crippen molar-refractivity contribution in [2.75, 3.05) is 25.0 Å². The third-order valence-corrected chi connectivity index (χ3v) is 1.77. The molecule has 0 saturated heterocycles. The first-order valence-electron chi connectivity index (χ1n) is 3.47. The Kier molecular flexibility index (Phi) is 12.7. The molecular weight excluding hydrogens is 213 g/mol. The molecule has 0 aromatic heterocycles. The molecule has 0 aromatic carbocycles. The van der Waals surface area contributed by atoms with Gasteiger partial charge >= 0.3 is 58.4 Å². The number of nitrogens with one attached hydrogen (secondary N) is 1. The summed E-state index contributed by atoms with van der Waals surface area (Å²) in [5, 5.41) is 2.35. The predicted molar refractivity (Wildman–Crippen MR) is 44.9 cm³/mol. The average Bonchev–Trinajstić information content (AvgIpc) is 1.85. The molecule has 12 heavy (non-hydrogen) atoms. The zero-order valence-electron chi connectivity index (χ0n) is 7.45. The van der Waals surface area contributed by atoms with Crippen LogP contribution >= 0.6 is 11.8 Å². The van der Waals surface area contributed by atoms with Crippen molar-refractivity contribution < 1.29 is 64.3 Å². The predicted octanol–water partition coefficient (Wildman–Crippen LogP) is -1.28. The van der Waals surface area contributed by atoms with Crippen molar-refractivity contribution in [1.82, 2.24) is 5.32 Å². The third-order valence-electron chi connectivity index (χ3n) is 1.08. The Morgan fingerprint density at radius 1 is 1.33 bits per heavy atom. The molecule has 0 aromatic rings. The molecule has 68 valence electrons. The van der Waals surface area contributed by atoms with Gasteiger partial charge in [-0.1, -0.05) is 0 Å². The van der Waals surface area contributed by atoms with Crippen LogP contribution in [0.1, 0.15) is 6.42 Å². The number of hydrogen-bond acceptors (Lipinski definition) is 2. The number of rotatable bonds is 6. The van der Waals surface area contributed by atoms with Crippen molar-refractivity contribution in [1.29, 1.82) is 0 Å². The van der Waals surface area contributed by atoms with Crippen molar-refractivity contribution in [3.05, 3.63) is 0 Å². The van der Waals surface area contributed by atoms with Crippen molar-refractivity contribution in [2.24, 2.45) is 0 Å². The molecule has 0 fully saturated rings. The van der Waals surface area contributed by atoms with Crippen LogP contribution in [0.15, 0.2) is 0 Å². The Balaban J connectivity index is 0. The fourth-order valence-electron chi connectivity index (χ4n) is 0.607. The van der Waals surface area contributed by atoms with Gasteiger partial charge in [-0.15, -0.1) is 0 Å². The molecule has 0 saturated carbocycles.